The summed E-state index contributed by atoms with van der Waals surface area (Å²) in [4.78, 5) is 0.0208. The van der Waals surface area contributed by atoms with Gasteiger partial charge in [0.25, 0.3) is 0 Å². The lowest BCUT2D eigenvalue weighted by Crippen LogP contribution is -2.22. The van der Waals surface area contributed by atoms with E-state index in [1.54, 1.807) is 19.1 Å². The summed E-state index contributed by atoms with van der Waals surface area (Å²) < 4.78 is 41.5. The monoisotopic (exact) mass is 472 g/mol. The zero-order valence-electron chi connectivity index (χ0n) is 18.4. The molecule has 7 nitrogen and oxygen atoms in total. The standard InChI is InChI=1S/C21H30ClFN4O3S/c1-13(2)20-17(21(14(3)28)27(25-20)12-16(23)8-9-24)10-15-6-7-19(18(22)11-15)31(29,30)26(4)5/h6-8,11,13-14,28H,9-10,12,24H2,1-5H3. The molecule has 0 aliphatic rings. The molecular formula is C21H30ClFN4O3S. The van der Waals surface area contributed by atoms with Crippen molar-refractivity contribution in [3.63, 3.8) is 0 Å². The summed E-state index contributed by atoms with van der Waals surface area (Å²) >= 11 is 6.29. The van der Waals surface area contributed by atoms with Crippen molar-refractivity contribution < 1.29 is 17.9 Å². The molecule has 1 aromatic carbocycles. The fraction of sp³-hybridized carbons (Fsp3) is 0.476. The molecule has 0 spiro atoms. The number of aliphatic hydroxyl groups excluding tert-OH is 1. The second-order valence-corrected chi connectivity index (χ2v) is 10.4. The minimum absolute atomic E-state index is 0.0208. The number of allylic oxidation sites excluding steroid dienone is 1. The van der Waals surface area contributed by atoms with E-state index in [0.717, 1.165) is 21.1 Å². The number of rotatable bonds is 9. The first-order valence-corrected chi connectivity index (χ1v) is 11.7. The Morgan fingerprint density at radius 3 is 2.48 bits per heavy atom. The Bertz CT molecular complexity index is 1060. The van der Waals surface area contributed by atoms with Gasteiger partial charge in [-0.05, 0) is 36.6 Å². The lowest BCUT2D eigenvalue weighted by atomic mass is 9.96. The van der Waals surface area contributed by atoms with Gasteiger partial charge in [-0.15, -0.1) is 0 Å². The molecule has 1 atom stereocenters. The third-order valence-corrected chi connectivity index (χ3v) is 7.14. The summed E-state index contributed by atoms with van der Waals surface area (Å²) in [5.41, 5.74) is 8.15. The summed E-state index contributed by atoms with van der Waals surface area (Å²) in [5, 5.41) is 15.1. The predicted octanol–water partition coefficient (Wildman–Crippen LogP) is 3.37. The van der Waals surface area contributed by atoms with Crippen molar-refractivity contribution in [2.75, 3.05) is 20.6 Å². The van der Waals surface area contributed by atoms with Crippen molar-refractivity contribution in [2.45, 2.75) is 50.7 Å². The fourth-order valence-corrected chi connectivity index (χ4v) is 4.80. The van der Waals surface area contributed by atoms with Gasteiger partial charge in [0, 0.05) is 32.6 Å². The summed E-state index contributed by atoms with van der Waals surface area (Å²) in [5.74, 6) is -0.408. The molecule has 0 bridgehead atoms. The Morgan fingerprint density at radius 2 is 2.00 bits per heavy atom. The van der Waals surface area contributed by atoms with Crippen LogP contribution in [-0.2, 0) is 23.0 Å². The Morgan fingerprint density at radius 1 is 1.35 bits per heavy atom. The van der Waals surface area contributed by atoms with Crippen molar-refractivity contribution in [1.29, 1.82) is 0 Å². The van der Waals surface area contributed by atoms with Gasteiger partial charge in [0.2, 0.25) is 10.0 Å². The highest BCUT2D eigenvalue weighted by atomic mass is 35.5. The third-order valence-electron chi connectivity index (χ3n) is 4.84. The van der Waals surface area contributed by atoms with Crippen LogP contribution < -0.4 is 5.73 Å². The molecule has 0 radical (unpaired) electrons. The molecule has 2 aromatic rings. The highest BCUT2D eigenvalue weighted by molar-refractivity contribution is 7.89. The van der Waals surface area contributed by atoms with E-state index < -0.39 is 22.0 Å². The highest BCUT2D eigenvalue weighted by Crippen LogP contribution is 2.31. The maximum Gasteiger partial charge on any atom is 0.244 e. The number of nitrogens with two attached hydrogens (primary N) is 1. The van der Waals surface area contributed by atoms with Crippen LogP contribution in [0.1, 0.15) is 55.3 Å². The van der Waals surface area contributed by atoms with Crippen LogP contribution >= 0.6 is 11.6 Å². The zero-order chi connectivity index (χ0) is 23.5. The molecule has 1 heterocycles. The number of benzene rings is 1. The molecule has 3 N–H and O–H groups in total. The van der Waals surface area contributed by atoms with E-state index in [1.807, 2.05) is 13.8 Å². The SMILES string of the molecule is CC(C)c1nn(CC(F)=CCN)c(C(C)O)c1Cc1ccc(S(=O)(=O)N(C)C)c(Cl)c1. The maximum absolute atomic E-state index is 14.1. The Hall–Kier alpha value is -1.78. The van der Waals surface area contributed by atoms with E-state index in [2.05, 4.69) is 5.10 Å². The number of hydrogen-bond acceptors (Lipinski definition) is 5. The van der Waals surface area contributed by atoms with Crippen molar-refractivity contribution in [2.24, 2.45) is 5.73 Å². The van der Waals surface area contributed by atoms with Gasteiger partial charge in [0.15, 0.2) is 0 Å². The van der Waals surface area contributed by atoms with E-state index in [0.29, 0.717) is 12.1 Å². The lowest BCUT2D eigenvalue weighted by molar-refractivity contribution is 0.186. The van der Waals surface area contributed by atoms with Crippen molar-refractivity contribution in [3.8, 4) is 0 Å². The number of sulfonamides is 1. The Kier molecular flexibility index (Phi) is 8.40. The molecule has 0 amide bonds. The average Bonchev–Trinajstić information content (AvgIpc) is 2.99. The highest BCUT2D eigenvalue weighted by Gasteiger charge is 2.25. The molecule has 31 heavy (non-hydrogen) atoms. The van der Waals surface area contributed by atoms with Gasteiger partial charge < -0.3 is 10.8 Å². The lowest BCUT2D eigenvalue weighted by Gasteiger charge is -2.15. The summed E-state index contributed by atoms with van der Waals surface area (Å²) in [6, 6.07) is 4.75. The molecule has 10 heteroatoms. The van der Waals surface area contributed by atoms with Crippen LogP contribution in [0.15, 0.2) is 35.0 Å². The molecule has 0 aliphatic carbocycles. The predicted molar refractivity (Wildman–Crippen MR) is 120 cm³/mol. The second-order valence-electron chi connectivity index (χ2n) is 7.85. The van der Waals surface area contributed by atoms with Crippen LogP contribution in [0.25, 0.3) is 0 Å². The number of aromatic nitrogens is 2. The number of aliphatic hydroxyl groups is 1. The van der Waals surface area contributed by atoms with Gasteiger partial charge in [-0.1, -0.05) is 31.5 Å². The number of hydrogen-bond donors (Lipinski definition) is 2. The van der Waals surface area contributed by atoms with Gasteiger partial charge in [-0.25, -0.2) is 17.1 Å². The topological polar surface area (TPSA) is 101 Å². The van der Waals surface area contributed by atoms with Crippen LogP contribution in [0.5, 0.6) is 0 Å². The van der Waals surface area contributed by atoms with Gasteiger partial charge in [-0.3, -0.25) is 4.68 Å². The molecule has 0 fully saturated rings. The summed E-state index contributed by atoms with van der Waals surface area (Å²) in [7, 11) is -0.787. The van der Waals surface area contributed by atoms with E-state index in [9.17, 15) is 17.9 Å². The zero-order valence-corrected chi connectivity index (χ0v) is 20.0. The molecular weight excluding hydrogens is 443 g/mol. The van der Waals surface area contributed by atoms with Crippen molar-refractivity contribution in [1.82, 2.24) is 14.1 Å². The smallest absolute Gasteiger partial charge is 0.244 e. The molecule has 0 aliphatic heterocycles. The van der Waals surface area contributed by atoms with Crippen LogP contribution in [0.4, 0.5) is 4.39 Å². The quantitative estimate of drug-likeness (QED) is 0.582. The normalized spacial score (nSPS) is 14.0. The second kappa shape index (κ2) is 10.2. The molecule has 1 aromatic heterocycles. The van der Waals surface area contributed by atoms with Gasteiger partial charge in [0.1, 0.15) is 10.7 Å². The van der Waals surface area contributed by atoms with Crippen LogP contribution in [0, 0.1) is 0 Å². The van der Waals surface area contributed by atoms with Crippen molar-refractivity contribution in [3.05, 3.63) is 57.6 Å². The first-order valence-electron chi connectivity index (χ1n) is 9.93. The molecule has 0 saturated heterocycles. The van der Waals surface area contributed by atoms with Crippen LogP contribution in [-0.4, -0.2) is 48.3 Å². The fourth-order valence-electron chi connectivity index (χ4n) is 3.36. The summed E-state index contributed by atoms with van der Waals surface area (Å²) in [6.07, 6.45) is 0.744. The van der Waals surface area contributed by atoms with Crippen molar-refractivity contribution >= 4 is 21.6 Å². The Balaban J connectivity index is 2.54. The van der Waals surface area contributed by atoms with Gasteiger partial charge in [-0.2, -0.15) is 5.10 Å². The molecule has 2 rings (SSSR count). The van der Waals surface area contributed by atoms with E-state index in [1.165, 1.54) is 30.9 Å². The van der Waals surface area contributed by atoms with E-state index in [4.69, 9.17) is 17.3 Å². The van der Waals surface area contributed by atoms with E-state index >= 15 is 0 Å². The minimum Gasteiger partial charge on any atom is -0.387 e. The molecule has 0 saturated carbocycles. The van der Waals surface area contributed by atoms with Gasteiger partial charge >= 0.3 is 0 Å². The number of halogens is 2. The van der Waals surface area contributed by atoms with Gasteiger partial charge in [0.05, 0.1) is 29.1 Å². The molecule has 1 unspecified atom stereocenters. The average molecular weight is 473 g/mol. The minimum atomic E-state index is -3.67. The third kappa shape index (κ3) is 5.72. The first kappa shape index (κ1) is 25.5. The van der Waals surface area contributed by atoms with Crippen LogP contribution in [0.2, 0.25) is 5.02 Å². The Labute approximate surface area is 188 Å². The van der Waals surface area contributed by atoms with Crippen LogP contribution in [0.3, 0.4) is 0 Å². The summed E-state index contributed by atoms with van der Waals surface area (Å²) in [6.45, 7) is 5.48. The number of nitrogens with zero attached hydrogens (tertiary/aromatic N) is 3. The maximum atomic E-state index is 14.1. The van der Waals surface area contributed by atoms with E-state index in [-0.39, 0.29) is 28.9 Å². The first-order chi connectivity index (χ1) is 14.4. The molecule has 172 valence electrons. The largest absolute Gasteiger partial charge is 0.387 e.